The summed E-state index contributed by atoms with van der Waals surface area (Å²) < 4.78 is 0. The number of benzene rings is 2. The van der Waals surface area contributed by atoms with Crippen molar-refractivity contribution in [1.82, 2.24) is 0 Å². The average molecular weight is 242 g/mol. The van der Waals surface area contributed by atoms with Gasteiger partial charge in [0.1, 0.15) is 17.3 Å². The van der Waals surface area contributed by atoms with Crippen LogP contribution in [0.25, 0.3) is 0 Å². The van der Waals surface area contributed by atoms with Gasteiger partial charge in [0.25, 0.3) is 0 Å². The maximum absolute atomic E-state index is 11.8. The van der Waals surface area contributed by atoms with Crippen molar-refractivity contribution in [3.63, 3.8) is 0 Å². The summed E-state index contributed by atoms with van der Waals surface area (Å²) in [5.74, 6) is 0.376. The molecule has 0 fully saturated rings. The van der Waals surface area contributed by atoms with Gasteiger partial charge in [0.15, 0.2) is 0 Å². The van der Waals surface area contributed by atoms with Gasteiger partial charge in [-0.2, -0.15) is 0 Å². The fourth-order valence-electron chi connectivity index (χ4n) is 1.85. The maximum atomic E-state index is 11.8. The molecule has 0 saturated heterocycles. The lowest BCUT2D eigenvalue weighted by atomic mass is 10.0. The molecule has 0 aliphatic rings. The number of carbonyl (C=O) groups excluding carboxylic acids is 1. The summed E-state index contributed by atoms with van der Waals surface area (Å²) in [6, 6.07) is 13.4. The molecule has 3 nitrogen and oxygen atoms in total. The third-order valence-corrected chi connectivity index (χ3v) is 2.62. The van der Waals surface area contributed by atoms with E-state index in [2.05, 4.69) is 0 Å². The van der Waals surface area contributed by atoms with Crippen LogP contribution in [0.15, 0.2) is 48.5 Å². The first-order valence-corrected chi connectivity index (χ1v) is 5.71. The first-order chi connectivity index (χ1) is 8.63. The molecule has 0 atom stereocenters. The highest BCUT2D eigenvalue weighted by molar-refractivity contribution is 5.83. The second kappa shape index (κ2) is 5.36. The summed E-state index contributed by atoms with van der Waals surface area (Å²) in [6.07, 6.45) is 0.564. The van der Waals surface area contributed by atoms with Gasteiger partial charge in [-0.15, -0.1) is 0 Å². The molecule has 0 heterocycles. The van der Waals surface area contributed by atoms with Crippen molar-refractivity contribution in [3.8, 4) is 11.5 Å². The molecule has 0 amide bonds. The molecule has 2 aromatic carbocycles. The Morgan fingerprint density at radius 2 is 1.28 bits per heavy atom. The minimum atomic E-state index is 0.0474. The summed E-state index contributed by atoms with van der Waals surface area (Å²) in [6.45, 7) is 0. The van der Waals surface area contributed by atoms with Crippen LogP contribution in [0, 0.1) is 0 Å². The molecule has 0 saturated carbocycles. The molecule has 3 heteroatoms. The molecule has 0 radical (unpaired) electrons. The lowest BCUT2D eigenvalue weighted by Gasteiger charge is -2.03. The van der Waals surface area contributed by atoms with Gasteiger partial charge in [0.05, 0.1) is 0 Å². The average Bonchev–Trinajstić information content (AvgIpc) is 2.28. The Balaban J connectivity index is 2.01. The highest BCUT2D eigenvalue weighted by atomic mass is 16.3. The van der Waals surface area contributed by atoms with Crippen LogP contribution in [0.1, 0.15) is 11.1 Å². The fraction of sp³-hybridized carbons (Fsp3) is 0.133. The second-order valence-electron chi connectivity index (χ2n) is 4.23. The second-order valence-corrected chi connectivity index (χ2v) is 4.23. The van der Waals surface area contributed by atoms with Crippen LogP contribution in [0.2, 0.25) is 0 Å². The summed E-state index contributed by atoms with van der Waals surface area (Å²) >= 11 is 0. The zero-order valence-electron chi connectivity index (χ0n) is 9.84. The van der Waals surface area contributed by atoms with Gasteiger partial charge in [0, 0.05) is 12.8 Å². The van der Waals surface area contributed by atoms with Crippen LogP contribution in [0.3, 0.4) is 0 Å². The first kappa shape index (κ1) is 12.2. The minimum absolute atomic E-state index is 0.0474. The Bertz CT molecular complexity index is 512. The van der Waals surface area contributed by atoms with E-state index < -0.39 is 0 Å². The van der Waals surface area contributed by atoms with Crippen LogP contribution in [-0.4, -0.2) is 16.0 Å². The van der Waals surface area contributed by atoms with Crippen molar-refractivity contribution in [2.45, 2.75) is 12.8 Å². The van der Waals surface area contributed by atoms with Crippen molar-refractivity contribution in [1.29, 1.82) is 0 Å². The predicted molar refractivity (Wildman–Crippen MR) is 68.6 cm³/mol. The monoisotopic (exact) mass is 242 g/mol. The molecular formula is C15H14O3. The quantitative estimate of drug-likeness (QED) is 0.865. The zero-order chi connectivity index (χ0) is 13.0. The number of phenolic OH excluding ortho intramolecular Hbond substituents is 2. The SMILES string of the molecule is O=C(Cc1cccc(O)c1)Cc1cccc(O)c1. The van der Waals surface area contributed by atoms with Crippen LogP contribution < -0.4 is 0 Å². The molecule has 2 aromatic rings. The van der Waals surface area contributed by atoms with Crippen molar-refractivity contribution < 1.29 is 15.0 Å². The van der Waals surface area contributed by atoms with Crippen molar-refractivity contribution in [3.05, 3.63) is 59.7 Å². The molecule has 0 aliphatic carbocycles. The van der Waals surface area contributed by atoms with Gasteiger partial charge in [-0.25, -0.2) is 0 Å². The van der Waals surface area contributed by atoms with Crippen LogP contribution in [-0.2, 0) is 17.6 Å². The number of hydrogen-bond donors (Lipinski definition) is 2. The maximum Gasteiger partial charge on any atom is 0.141 e. The summed E-state index contributed by atoms with van der Waals surface area (Å²) in [7, 11) is 0. The standard InChI is InChI=1S/C15H14O3/c16-13-5-1-3-11(7-13)9-15(18)10-12-4-2-6-14(17)8-12/h1-8,16-17H,9-10H2. The number of phenols is 2. The van der Waals surface area contributed by atoms with E-state index in [1.807, 2.05) is 0 Å². The van der Waals surface area contributed by atoms with Crippen molar-refractivity contribution in [2.24, 2.45) is 0 Å². The van der Waals surface area contributed by atoms with E-state index in [1.54, 1.807) is 48.5 Å². The topological polar surface area (TPSA) is 57.5 Å². The van der Waals surface area contributed by atoms with Crippen LogP contribution >= 0.6 is 0 Å². The summed E-state index contributed by atoms with van der Waals surface area (Å²) in [5.41, 5.74) is 1.58. The van der Waals surface area contributed by atoms with E-state index in [4.69, 9.17) is 0 Å². The Hall–Kier alpha value is -2.29. The van der Waals surface area contributed by atoms with Crippen molar-refractivity contribution in [2.75, 3.05) is 0 Å². The van der Waals surface area contributed by atoms with E-state index in [0.29, 0.717) is 0 Å². The first-order valence-electron chi connectivity index (χ1n) is 5.71. The zero-order valence-corrected chi connectivity index (χ0v) is 9.84. The van der Waals surface area contributed by atoms with E-state index in [-0.39, 0.29) is 30.1 Å². The van der Waals surface area contributed by atoms with Gasteiger partial charge in [-0.1, -0.05) is 24.3 Å². The Kier molecular flexibility index (Phi) is 3.63. The van der Waals surface area contributed by atoms with E-state index >= 15 is 0 Å². The predicted octanol–water partition coefficient (Wildman–Crippen LogP) is 2.45. The number of ketones is 1. The molecule has 0 spiro atoms. The van der Waals surface area contributed by atoms with Gasteiger partial charge < -0.3 is 10.2 Å². The van der Waals surface area contributed by atoms with Crippen molar-refractivity contribution >= 4 is 5.78 Å². The number of rotatable bonds is 4. The smallest absolute Gasteiger partial charge is 0.141 e. The molecular weight excluding hydrogens is 228 g/mol. The van der Waals surface area contributed by atoms with Gasteiger partial charge >= 0.3 is 0 Å². The molecule has 0 aliphatic heterocycles. The van der Waals surface area contributed by atoms with E-state index in [9.17, 15) is 15.0 Å². The summed E-state index contributed by atoms with van der Waals surface area (Å²) in [4.78, 5) is 11.8. The largest absolute Gasteiger partial charge is 0.508 e. The third kappa shape index (κ3) is 3.35. The third-order valence-electron chi connectivity index (χ3n) is 2.62. The highest BCUT2D eigenvalue weighted by Crippen LogP contribution is 2.14. The molecule has 2 rings (SSSR count). The number of Topliss-reactive ketones (excluding diaryl/α,β-unsaturated/α-hetero) is 1. The minimum Gasteiger partial charge on any atom is -0.508 e. The molecule has 0 aromatic heterocycles. The molecule has 0 bridgehead atoms. The van der Waals surface area contributed by atoms with Crippen LogP contribution in [0.4, 0.5) is 0 Å². The van der Waals surface area contributed by atoms with Crippen LogP contribution in [0.5, 0.6) is 11.5 Å². The number of hydrogen-bond acceptors (Lipinski definition) is 3. The Morgan fingerprint density at radius 1 is 0.833 bits per heavy atom. The van der Waals surface area contributed by atoms with E-state index in [1.165, 1.54) is 0 Å². The van der Waals surface area contributed by atoms with Gasteiger partial charge in [-0.05, 0) is 35.4 Å². The van der Waals surface area contributed by atoms with Gasteiger partial charge in [-0.3, -0.25) is 4.79 Å². The highest BCUT2D eigenvalue weighted by Gasteiger charge is 2.06. The number of carbonyl (C=O) groups is 1. The van der Waals surface area contributed by atoms with Gasteiger partial charge in [0.2, 0.25) is 0 Å². The molecule has 92 valence electrons. The summed E-state index contributed by atoms with van der Waals surface area (Å²) in [5, 5.41) is 18.6. The Morgan fingerprint density at radius 3 is 1.67 bits per heavy atom. The fourth-order valence-corrected chi connectivity index (χ4v) is 1.85. The lowest BCUT2D eigenvalue weighted by molar-refractivity contribution is -0.117. The Labute approximate surface area is 105 Å². The molecule has 2 N–H and O–H groups in total. The number of aromatic hydroxyl groups is 2. The molecule has 18 heavy (non-hydrogen) atoms. The van der Waals surface area contributed by atoms with E-state index in [0.717, 1.165) is 11.1 Å². The molecule has 0 unspecified atom stereocenters. The normalized spacial score (nSPS) is 10.2. The lowest BCUT2D eigenvalue weighted by Crippen LogP contribution is -2.06.